The lowest BCUT2D eigenvalue weighted by Crippen LogP contribution is -2.02. The molecule has 1 N–H and O–H groups in total. The van der Waals surface area contributed by atoms with Crippen LogP contribution >= 0.6 is 0 Å². The Balaban J connectivity index is 2.33. The third kappa shape index (κ3) is 3.21. The first kappa shape index (κ1) is 14.2. The molecule has 9 nitrogen and oxygen atoms in total. The molecule has 1 aromatic carbocycles. The first-order valence-corrected chi connectivity index (χ1v) is 5.57. The van der Waals surface area contributed by atoms with Gasteiger partial charge in [-0.3, -0.25) is 10.1 Å². The van der Waals surface area contributed by atoms with Gasteiger partial charge < -0.3 is 14.6 Å². The van der Waals surface area contributed by atoms with Crippen molar-refractivity contribution in [3.63, 3.8) is 0 Å². The molecule has 1 aromatic heterocycles. The van der Waals surface area contributed by atoms with Crippen molar-refractivity contribution in [2.45, 2.75) is 0 Å². The van der Waals surface area contributed by atoms with Crippen LogP contribution in [0.3, 0.4) is 0 Å². The number of carbonyl (C=O) groups is 1. The number of carboxylic acids is 1. The topological polar surface area (TPSA) is 125 Å². The van der Waals surface area contributed by atoms with Gasteiger partial charge in [0.1, 0.15) is 5.75 Å². The number of nitro groups is 1. The molecule has 2 aromatic rings. The lowest BCUT2D eigenvalue weighted by molar-refractivity contribution is -0.385. The molecule has 0 amide bonds. The second-order valence-electron chi connectivity index (χ2n) is 3.74. The van der Waals surface area contributed by atoms with Crippen LogP contribution in [0.1, 0.15) is 10.5 Å². The van der Waals surface area contributed by atoms with Gasteiger partial charge in [0.05, 0.1) is 24.4 Å². The molecule has 0 aliphatic rings. The van der Waals surface area contributed by atoms with Crippen LogP contribution < -0.4 is 9.47 Å². The smallest absolute Gasteiger partial charge is 0.356 e. The summed E-state index contributed by atoms with van der Waals surface area (Å²) in [5.41, 5.74) is -0.539. The molecule has 0 bridgehead atoms. The quantitative estimate of drug-likeness (QED) is 0.653. The van der Waals surface area contributed by atoms with Crippen LogP contribution in [0.5, 0.6) is 17.4 Å². The molecular formula is C12H9N3O6. The largest absolute Gasteiger partial charge is 0.497 e. The summed E-state index contributed by atoms with van der Waals surface area (Å²) in [4.78, 5) is 28.3. The summed E-state index contributed by atoms with van der Waals surface area (Å²) in [5.74, 6) is -1.03. The highest BCUT2D eigenvalue weighted by atomic mass is 16.6. The molecular weight excluding hydrogens is 282 g/mol. The Morgan fingerprint density at radius 3 is 2.62 bits per heavy atom. The Morgan fingerprint density at radius 1 is 1.33 bits per heavy atom. The highest BCUT2D eigenvalue weighted by Crippen LogP contribution is 2.33. The average molecular weight is 291 g/mol. The first-order chi connectivity index (χ1) is 10.0. The van der Waals surface area contributed by atoms with Crippen molar-refractivity contribution in [1.29, 1.82) is 0 Å². The summed E-state index contributed by atoms with van der Waals surface area (Å²) in [6, 6.07) is 3.97. The van der Waals surface area contributed by atoms with Crippen LogP contribution in [0, 0.1) is 10.1 Å². The van der Waals surface area contributed by atoms with Gasteiger partial charge in [0.2, 0.25) is 11.6 Å². The van der Waals surface area contributed by atoms with E-state index in [4.69, 9.17) is 14.6 Å². The molecule has 0 radical (unpaired) electrons. The molecule has 0 aliphatic carbocycles. The van der Waals surface area contributed by atoms with Gasteiger partial charge in [0.15, 0.2) is 5.69 Å². The maximum absolute atomic E-state index is 10.9. The Bertz CT molecular complexity index is 686. The predicted octanol–water partition coefficient (Wildman–Crippen LogP) is 1.88. The molecule has 0 unspecified atom stereocenters. The van der Waals surface area contributed by atoms with Crippen LogP contribution in [0.4, 0.5) is 5.69 Å². The van der Waals surface area contributed by atoms with Crippen LogP contribution in [-0.4, -0.2) is 33.1 Å². The molecule has 2 rings (SSSR count). The van der Waals surface area contributed by atoms with Gasteiger partial charge in [0, 0.05) is 12.1 Å². The van der Waals surface area contributed by atoms with Crippen molar-refractivity contribution in [3.8, 4) is 17.4 Å². The van der Waals surface area contributed by atoms with Gasteiger partial charge in [-0.2, -0.15) is 0 Å². The van der Waals surface area contributed by atoms with Crippen molar-refractivity contribution in [1.82, 2.24) is 9.97 Å². The number of aromatic carboxylic acids is 1. The lowest BCUT2D eigenvalue weighted by Gasteiger charge is -2.07. The Kier molecular flexibility index (Phi) is 3.93. The molecule has 108 valence electrons. The summed E-state index contributed by atoms with van der Waals surface area (Å²) >= 11 is 0. The molecule has 0 spiro atoms. The van der Waals surface area contributed by atoms with Gasteiger partial charge in [-0.25, -0.2) is 14.8 Å². The average Bonchev–Trinajstić information content (AvgIpc) is 2.47. The highest BCUT2D eigenvalue weighted by molar-refractivity contribution is 5.84. The van der Waals surface area contributed by atoms with E-state index >= 15 is 0 Å². The van der Waals surface area contributed by atoms with Crippen LogP contribution in [0.25, 0.3) is 0 Å². The van der Waals surface area contributed by atoms with Gasteiger partial charge >= 0.3 is 11.7 Å². The van der Waals surface area contributed by atoms with Gasteiger partial charge in [-0.15, -0.1) is 0 Å². The third-order valence-corrected chi connectivity index (χ3v) is 2.43. The fourth-order valence-electron chi connectivity index (χ4n) is 1.45. The fraction of sp³-hybridized carbons (Fsp3) is 0.0833. The Labute approximate surface area is 117 Å². The number of methoxy groups -OCH3 is 1. The van der Waals surface area contributed by atoms with Crippen molar-refractivity contribution in [3.05, 3.63) is 46.4 Å². The summed E-state index contributed by atoms with van der Waals surface area (Å²) < 4.78 is 10.2. The number of hydrogen-bond acceptors (Lipinski definition) is 7. The van der Waals surface area contributed by atoms with Gasteiger partial charge in [-0.1, -0.05) is 0 Å². The second-order valence-corrected chi connectivity index (χ2v) is 3.74. The zero-order valence-corrected chi connectivity index (χ0v) is 10.7. The number of hydrogen-bond donors (Lipinski definition) is 1. The van der Waals surface area contributed by atoms with E-state index in [1.54, 1.807) is 0 Å². The minimum atomic E-state index is -1.23. The molecule has 9 heteroatoms. The van der Waals surface area contributed by atoms with Gasteiger partial charge in [0.25, 0.3) is 0 Å². The van der Waals surface area contributed by atoms with E-state index in [0.29, 0.717) is 5.75 Å². The molecule has 21 heavy (non-hydrogen) atoms. The zero-order valence-electron chi connectivity index (χ0n) is 10.7. The van der Waals surface area contributed by atoms with Crippen LogP contribution in [0.15, 0.2) is 30.6 Å². The maximum Gasteiger partial charge on any atom is 0.356 e. The Hall–Kier alpha value is -3.23. The summed E-state index contributed by atoms with van der Waals surface area (Å²) in [7, 11) is 1.41. The number of ether oxygens (including phenoxy) is 2. The van der Waals surface area contributed by atoms with Crippen LogP contribution in [0.2, 0.25) is 0 Å². The van der Waals surface area contributed by atoms with Crippen molar-refractivity contribution < 1.29 is 24.3 Å². The molecule has 1 heterocycles. The van der Waals surface area contributed by atoms with Crippen molar-refractivity contribution in [2.24, 2.45) is 0 Å². The predicted molar refractivity (Wildman–Crippen MR) is 68.7 cm³/mol. The highest BCUT2D eigenvalue weighted by Gasteiger charge is 2.17. The van der Waals surface area contributed by atoms with Crippen molar-refractivity contribution in [2.75, 3.05) is 7.11 Å². The normalized spacial score (nSPS) is 9.95. The number of carboxylic acid groups (broad SMARTS) is 1. The standard InChI is InChI=1S/C12H9N3O6/c1-20-7-2-3-9(15(18)19)10(4-7)21-11-6-13-8(5-14-11)12(16)17/h2-6H,1H3,(H,16,17). The minimum Gasteiger partial charge on any atom is -0.497 e. The zero-order chi connectivity index (χ0) is 15.4. The maximum atomic E-state index is 10.9. The monoisotopic (exact) mass is 291 g/mol. The molecule has 0 saturated heterocycles. The van der Waals surface area contributed by atoms with Crippen LogP contribution in [-0.2, 0) is 0 Å². The number of nitro benzene ring substituents is 1. The SMILES string of the molecule is COc1ccc([N+](=O)[O-])c(Oc2cnc(C(=O)O)cn2)c1. The second kappa shape index (κ2) is 5.82. The van der Waals surface area contributed by atoms with E-state index in [1.165, 1.54) is 25.3 Å². The summed E-state index contributed by atoms with van der Waals surface area (Å²) in [6.45, 7) is 0. The van der Waals surface area contributed by atoms with E-state index in [2.05, 4.69) is 9.97 Å². The van der Waals surface area contributed by atoms with Crippen molar-refractivity contribution >= 4 is 11.7 Å². The van der Waals surface area contributed by atoms with E-state index < -0.39 is 10.9 Å². The fourth-order valence-corrected chi connectivity index (χ4v) is 1.45. The molecule has 0 saturated carbocycles. The summed E-state index contributed by atoms with van der Waals surface area (Å²) in [6.07, 6.45) is 2.05. The molecule has 0 atom stereocenters. The third-order valence-electron chi connectivity index (χ3n) is 2.43. The molecule has 0 aliphatic heterocycles. The first-order valence-electron chi connectivity index (χ1n) is 5.57. The minimum absolute atomic E-state index is 0.0728. The number of aromatic nitrogens is 2. The lowest BCUT2D eigenvalue weighted by atomic mass is 10.3. The van der Waals surface area contributed by atoms with E-state index in [9.17, 15) is 14.9 Å². The molecule has 0 fully saturated rings. The van der Waals surface area contributed by atoms with E-state index in [0.717, 1.165) is 12.4 Å². The van der Waals surface area contributed by atoms with E-state index in [1.807, 2.05) is 0 Å². The van der Waals surface area contributed by atoms with E-state index in [-0.39, 0.29) is 23.0 Å². The summed E-state index contributed by atoms with van der Waals surface area (Å²) in [5, 5.41) is 19.6. The number of rotatable bonds is 5. The number of benzene rings is 1. The van der Waals surface area contributed by atoms with Gasteiger partial charge in [-0.05, 0) is 6.07 Å². The number of nitrogens with zero attached hydrogens (tertiary/aromatic N) is 3. The Morgan fingerprint density at radius 2 is 2.10 bits per heavy atom.